The number of halogens is 1. The molecule has 0 atom stereocenters. The van der Waals surface area contributed by atoms with Crippen molar-refractivity contribution in [2.24, 2.45) is 0 Å². The number of rotatable bonds is 3. The molecular weight excluding hydrogens is 236 g/mol. The highest BCUT2D eigenvalue weighted by molar-refractivity contribution is 9.10. The van der Waals surface area contributed by atoms with E-state index in [1.165, 1.54) is 0 Å². The van der Waals surface area contributed by atoms with E-state index in [1.54, 1.807) is 6.20 Å². The minimum absolute atomic E-state index is 0.393. The molecule has 0 radical (unpaired) electrons. The number of carbonyl (C=O) groups is 1. The van der Waals surface area contributed by atoms with Gasteiger partial charge in [-0.1, -0.05) is 0 Å². The topological polar surface area (TPSA) is 62.2 Å². The van der Waals surface area contributed by atoms with Gasteiger partial charge in [-0.05, 0) is 28.1 Å². The van der Waals surface area contributed by atoms with Crippen molar-refractivity contribution in [1.29, 1.82) is 0 Å². The van der Waals surface area contributed by atoms with E-state index in [1.807, 2.05) is 12.1 Å². The maximum atomic E-state index is 10.1. The molecule has 5 heteroatoms. The molecule has 70 valence electrons. The van der Waals surface area contributed by atoms with Gasteiger partial charge in [0.1, 0.15) is 0 Å². The maximum Gasteiger partial charge on any atom is 0.404 e. The monoisotopic (exact) mass is 244 g/mol. The molecule has 1 heterocycles. The van der Waals surface area contributed by atoms with Crippen LogP contribution >= 0.6 is 15.9 Å². The lowest BCUT2D eigenvalue weighted by molar-refractivity contribution is 0.194. The van der Waals surface area contributed by atoms with Crippen molar-refractivity contribution >= 4 is 22.0 Å². The molecule has 0 aromatic carbocycles. The number of carboxylic acid groups (broad SMARTS) is 1. The Morgan fingerprint density at radius 3 is 2.92 bits per heavy atom. The summed E-state index contributed by atoms with van der Waals surface area (Å²) in [7, 11) is 0. The van der Waals surface area contributed by atoms with Gasteiger partial charge in [0.25, 0.3) is 0 Å². The molecule has 0 fully saturated rings. The minimum Gasteiger partial charge on any atom is -0.465 e. The van der Waals surface area contributed by atoms with Gasteiger partial charge in [0.05, 0.1) is 0 Å². The lowest BCUT2D eigenvalue weighted by Crippen LogP contribution is -2.23. The summed E-state index contributed by atoms with van der Waals surface area (Å²) in [5.74, 6) is 0. The standard InChI is InChI=1S/C8H9BrN2O2/c9-6-1-2-7(11-5-6)3-4-10-8(12)13/h1-2,5,10H,3-4H2,(H,12,13). The average Bonchev–Trinajstić information content (AvgIpc) is 2.08. The zero-order chi connectivity index (χ0) is 9.68. The van der Waals surface area contributed by atoms with Gasteiger partial charge in [-0.25, -0.2) is 4.79 Å². The Bertz CT molecular complexity index is 287. The molecule has 0 saturated carbocycles. The summed E-state index contributed by atoms with van der Waals surface area (Å²) in [6, 6.07) is 3.73. The van der Waals surface area contributed by atoms with Crippen molar-refractivity contribution in [3.63, 3.8) is 0 Å². The summed E-state index contributed by atoms with van der Waals surface area (Å²) >= 11 is 3.26. The summed E-state index contributed by atoms with van der Waals surface area (Å²) in [4.78, 5) is 14.2. The molecule has 0 spiro atoms. The minimum atomic E-state index is -1.00. The molecule has 13 heavy (non-hydrogen) atoms. The van der Waals surface area contributed by atoms with E-state index >= 15 is 0 Å². The van der Waals surface area contributed by atoms with Gasteiger partial charge in [-0.15, -0.1) is 0 Å². The average molecular weight is 245 g/mol. The summed E-state index contributed by atoms with van der Waals surface area (Å²) in [5, 5.41) is 10.6. The van der Waals surface area contributed by atoms with Crippen molar-refractivity contribution in [2.75, 3.05) is 6.54 Å². The van der Waals surface area contributed by atoms with Gasteiger partial charge in [-0.3, -0.25) is 4.98 Å². The van der Waals surface area contributed by atoms with Gasteiger partial charge in [0.15, 0.2) is 0 Å². The smallest absolute Gasteiger partial charge is 0.404 e. The first-order valence-electron chi connectivity index (χ1n) is 3.75. The highest BCUT2D eigenvalue weighted by Crippen LogP contribution is 2.07. The number of hydrogen-bond donors (Lipinski definition) is 2. The number of hydrogen-bond acceptors (Lipinski definition) is 2. The first kappa shape index (κ1) is 9.98. The van der Waals surface area contributed by atoms with Crippen LogP contribution in [-0.2, 0) is 6.42 Å². The Balaban J connectivity index is 2.37. The molecule has 1 rings (SSSR count). The van der Waals surface area contributed by atoms with Crippen molar-refractivity contribution in [3.05, 3.63) is 28.5 Å². The molecular formula is C8H9BrN2O2. The second kappa shape index (κ2) is 4.81. The van der Waals surface area contributed by atoms with E-state index in [4.69, 9.17) is 5.11 Å². The Labute approximate surface area is 84.1 Å². The molecule has 0 aliphatic carbocycles. The highest BCUT2D eigenvalue weighted by atomic mass is 79.9. The lowest BCUT2D eigenvalue weighted by Gasteiger charge is -2.00. The van der Waals surface area contributed by atoms with Crippen molar-refractivity contribution < 1.29 is 9.90 Å². The molecule has 1 amide bonds. The largest absolute Gasteiger partial charge is 0.465 e. The zero-order valence-corrected chi connectivity index (χ0v) is 8.41. The number of amides is 1. The van der Waals surface area contributed by atoms with Crippen LogP contribution < -0.4 is 5.32 Å². The summed E-state index contributed by atoms with van der Waals surface area (Å²) in [5.41, 5.74) is 0.872. The Kier molecular flexibility index (Phi) is 3.70. The third-order valence-corrected chi connectivity index (χ3v) is 1.92. The van der Waals surface area contributed by atoms with E-state index in [-0.39, 0.29) is 0 Å². The predicted molar refractivity (Wildman–Crippen MR) is 51.7 cm³/mol. The van der Waals surface area contributed by atoms with Crippen molar-refractivity contribution in [2.45, 2.75) is 6.42 Å². The molecule has 0 bridgehead atoms. The van der Waals surface area contributed by atoms with Gasteiger partial charge in [0.2, 0.25) is 0 Å². The van der Waals surface area contributed by atoms with Crippen LogP contribution in [0, 0.1) is 0 Å². The Hall–Kier alpha value is -1.10. The highest BCUT2D eigenvalue weighted by Gasteiger charge is 1.96. The van der Waals surface area contributed by atoms with Crippen LogP contribution in [0.2, 0.25) is 0 Å². The summed E-state index contributed by atoms with van der Waals surface area (Å²) in [6.07, 6.45) is 1.30. The van der Waals surface area contributed by atoms with E-state index in [9.17, 15) is 4.79 Å². The first-order chi connectivity index (χ1) is 6.18. The van der Waals surface area contributed by atoms with E-state index in [0.717, 1.165) is 10.2 Å². The lowest BCUT2D eigenvalue weighted by atomic mass is 10.3. The molecule has 1 aromatic heterocycles. The summed E-state index contributed by atoms with van der Waals surface area (Å²) in [6.45, 7) is 0.393. The molecule has 0 saturated heterocycles. The van der Waals surface area contributed by atoms with Crippen LogP contribution in [0.4, 0.5) is 4.79 Å². The fourth-order valence-corrected chi connectivity index (χ4v) is 1.09. The molecule has 0 unspecified atom stereocenters. The van der Waals surface area contributed by atoms with Gasteiger partial charge >= 0.3 is 6.09 Å². The molecule has 2 N–H and O–H groups in total. The molecule has 0 aliphatic heterocycles. The van der Waals surface area contributed by atoms with Gasteiger partial charge in [0, 0.05) is 29.3 Å². The van der Waals surface area contributed by atoms with Crippen LogP contribution in [0.15, 0.2) is 22.8 Å². The van der Waals surface area contributed by atoms with E-state index < -0.39 is 6.09 Å². The third-order valence-electron chi connectivity index (χ3n) is 1.45. The van der Waals surface area contributed by atoms with Crippen LogP contribution in [-0.4, -0.2) is 22.7 Å². The maximum absolute atomic E-state index is 10.1. The normalized spacial score (nSPS) is 9.62. The Morgan fingerprint density at radius 2 is 2.38 bits per heavy atom. The van der Waals surface area contributed by atoms with Crippen LogP contribution in [0.5, 0.6) is 0 Å². The number of nitrogens with one attached hydrogen (secondary N) is 1. The number of nitrogens with zero attached hydrogens (tertiary/aromatic N) is 1. The third kappa shape index (κ3) is 3.89. The van der Waals surface area contributed by atoms with Crippen molar-refractivity contribution in [1.82, 2.24) is 10.3 Å². The van der Waals surface area contributed by atoms with Crippen LogP contribution in [0.1, 0.15) is 5.69 Å². The first-order valence-corrected chi connectivity index (χ1v) is 4.55. The molecule has 4 nitrogen and oxygen atoms in total. The second-order valence-corrected chi connectivity index (χ2v) is 3.37. The Morgan fingerprint density at radius 1 is 1.62 bits per heavy atom. The SMILES string of the molecule is O=C(O)NCCc1ccc(Br)cn1. The van der Waals surface area contributed by atoms with Crippen molar-refractivity contribution in [3.8, 4) is 0 Å². The van der Waals surface area contributed by atoms with Crippen LogP contribution in [0.25, 0.3) is 0 Å². The van der Waals surface area contributed by atoms with Gasteiger partial charge in [-0.2, -0.15) is 0 Å². The second-order valence-electron chi connectivity index (χ2n) is 2.45. The summed E-state index contributed by atoms with van der Waals surface area (Å²) < 4.78 is 0.919. The fraction of sp³-hybridized carbons (Fsp3) is 0.250. The van der Waals surface area contributed by atoms with Crippen LogP contribution in [0.3, 0.4) is 0 Å². The molecule has 0 aliphatic rings. The number of pyridine rings is 1. The zero-order valence-electron chi connectivity index (χ0n) is 6.83. The quantitative estimate of drug-likeness (QED) is 0.851. The van der Waals surface area contributed by atoms with E-state index in [0.29, 0.717) is 13.0 Å². The predicted octanol–water partition coefficient (Wildman–Crippen LogP) is 1.65. The number of aromatic nitrogens is 1. The fourth-order valence-electron chi connectivity index (χ4n) is 0.852. The van der Waals surface area contributed by atoms with E-state index in [2.05, 4.69) is 26.2 Å². The van der Waals surface area contributed by atoms with Gasteiger partial charge < -0.3 is 10.4 Å². The molecule has 1 aromatic rings.